The minimum atomic E-state index is -1.23. The van der Waals surface area contributed by atoms with Gasteiger partial charge in [0.2, 0.25) is 0 Å². The van der Waals surface area contributed by atoms with E-state index in [9.17, 15) is 14.4 Å². The van der Waals surface area contributed by atoms with Crippen molar-refractivity contribution in [2.75, 3.05) is 13.2 Å². The second-order valence-electron chi connectivity index (χ2n) is 8.35. The van der Waals surface area contributed by atoms with Crippen molar-refractivity contribution < 1.29 is 23.9 Å². The Balaban J connectivity index is 1.71. The van der Waals surface area contributed by atoms with Gasteiger partial charge in [0, 0.05) is 17.9 Å². The number of rotatable bonds is 9. The highest BCUT2D eigenvalue weighted by atomic mass is 16.6. The zero-order valence-electron chi connectivity index (χ0n) is 19.9. The molecule has 178 valence electrons. The molecule has 1 unspecified atom stereocenters. The number of fused-ring (bicyclic) bond motifs is 3. The van der Waals surface area contributed by atoms with E-state index in [4.69, 9.17) is 9.47 Å². The van der Waals surface area contributed by atoms with E-state index < -0.39 is 23.8 Å². The van der Waals surface area contributed by atoms with Crippen LogP contribution in [0.25, 0.3) is 21.5 Å². The molecule has 0 N–H and O–H groups in total. The van der Waals surface area contributed by atoms with Gasteiger partial charge in [-0.05, 0) is 47.0 Å². The van der Waals surface area contributed by atoms with E-state index in [2.05, 4.69) is 12.1 Å². The predicted octanol–water partition coefficient (Wildman–Crippen LogP) is 6.09. The van der Waals surface area contributed by atoms with Crippen molar-refractivity contribution in [1.82, 2.24) is 0 Å². The number of hydrogen-bond acceptors (Lipinski definition) is 5. The summed E-state index contributed by atoms with van der Waals surface area (Å²) in [5.41, 5.74) is 1.24. The molecule has 0 aliphatic heterocycles. The molecule has 4 aromatic rings. The quantitative estimate of drug-likeness (QED) is 0.129. The van der Waals surface area contributed by atoms with Crippen LogP contribution in [0, 0.1) is 5.92 Å². The summed E-state index contributed by atoms with van der Waals surface area (Å²) in [5.74, 6) is -3.47. The van der Waals surface area contributed by atoms with Gasteiger partial charge in [-0.25, -0.2) is 0 Å². The molecule has 0 amide bonds. The van der Waals surface area contributed by atoms with Crippen molar-refractivity contribution in [2.24, 2.45) is 5.92 Å². The minimum Gasteiger partial charge on any atom is -0.465 e. The fourth-order valence-electron chi connectivity index (χ4n) is 4.52. The van der Waals surface area contributed by atoms with E-state index in [1.807, 2.05) is 72.8 Å². The number of hydrogen-bond donors (Lipinski definition) is 0. The van der Waals surface area contributed by atoms with Gasteiger partial charge in [0.25, 0.3) is 0 Å². The summed E-state index contributed by atoms with van der Waals surface area (Å²) in [6.45, 7) is 3.62. The van der Waals surface area contributed by atoms with Gasteiger partial charge in [0.05, 0.1) is 13.2 Å². The van der Waals surface area contributed by atoms with Gasteiger partial charge in [-0.1, -0.05) is 78.9 Å². The largest absolute Gasteiger partial charge is 0.465 e. The Hall–Kier alpha value is -3.99. The SMILES string of the molecule is CCOC(=O)C(C(=O)OCC)C(CC(=O)c1ccc2c(ccc3ccccc32)c1)c1ccccc1. The first-order chi connectivity index (χ1) is 17.0. The average molecular weight is 469 g/mol. The third-order valence-electron chi connectivity index (χ3n) is 6.18. The summed E-state index contributed by atoms with van der Waals surface area (Å²) in [4.78, 5) is 39.2. The smallest absolute Gasteiger partial charge is 0.320 e. The molecule has 0 aromatic heterocycles. The number of benzene rings is 4. The topological polar surface area (TPSA) is 69.7 Å². The Morgan fingerprint density at radius 1 is 0.686 bits per heavy atom. The number of carbonyl (C=O) groups is 3. The first kappa shape index (κ1) is 24.1. The normalized spacial score (nSPS) is 12.0. The Labute approximate surface area is 204 Å². The van der Waals surface area contributed by atoms with Crippen molar-refractivity contribution in [3.05, 3.63) is 96.1 Å². The average Bonchev–Trinajstić information content (AvgIpc) is 2.88. The summed E-state index contributed by atoms with van der Waals surface area (Å²) in [7, 11) is 0. The van der Waals surface area contributed by atoms with Crippen molar-refractivity contribution >= 4 is 39.3 Å². The van der Waals surface area contributed by atoms with E-state index in [0.29, 0.717) is 11.1 Å². The standard InChI is InChI=1S/C30H28O5/c1-3-34-29(32)28(30(33)35-4-2)26(20-10-6-5-7-11-20)19-27(31)23-16-17-25-22(18-23)15-14-21-12-8-9-13-24(21)25/h5-18,26,28H,3-4,19H2,1-2H3. The van der Waals surface area contributed by atoms with Crippen LogP contribution in [-0.2, 0) is 19.1 Å². The molecule has 0 bridgehead atoms. The molecule has 35 heavy (non-hydrogen) atoms. The molecular weight excluding hydrogens is 440 g/mol. The van der Waals surface area contributed by atoms with Crippen molar-refractivity contribution in [3.8, 4) is 0 Å². The zero-order valence-corrected chi connectivity index (χ0v) is 19.9. The summed E-state index contributed by atoms with van der Waals surface area (Å²) < 4.78 is 10.4. The van der Waals surface area contributed by atoms with Gasteiger partial charge in [-0.2, -0.15) is 0 Å². The maximum absolute atomic E-state index is 13.5. The highest BCUT2D eigenvalue weighted by Crippen LogP contribution is 2.33. The van der Waals surface area contributed by atoms with Crippen LogP contribution in [-0.4, -0.2) is 30.9 Å². The molecule has 0 aliphatic carbocycles. The maximum atomic E-state index is 13.5. The van der Waals surface area contributed by atoms with Crippen LogP contribution >= 0.6 is 0 Å². The molecule has 0 spiro atoms. The lowest BCUT2D eigenvalue weighted by molar-refractivity contribution is -0.162. The first-order valence-electron chi connectivity index (χ1n) is 11.9. The zero-order chi connectivity index (χ0) is 24.8. The van der Waals surface area contributed by atoms with Gasteiger partial charge in [0.15, 0.2) is 11.7 Å². The minimum absolute atomic E-state index is 0.0363. The van der Waals surface area contributed by atoms with E-state index in [0.717, 1.165) is 21.5 Å². The van der Waals surface area contributed by atoms with E-state index in [1.165, 1.54) is 0 Å². The van der Waals surface area contributed by atoms with Gasteiger partial charge < -0.3 is 9.47 Å². The monoisotopic (exact) mass is 468 g/mol. The molecule has 4 rings (SSSR count). The molecular formula is C30H28O5. The number of Topliss-reactive ketones (excluding diaryl/α,β-unsaturated/α-hetero) is 1. The van der Waals surface area contributed by atoms with Crippen LogP contribution in [0.15, 0.2) is 84.9 Å². The van der Waals surface area contributed by atoms with Crippen LogP contribution in [0.3, 0.4) is 0 Å². The number of ether oxygens (including phenoxy) is 2. The fourth-order valence-corrected chi connectivity index (χ4v) is 4.52. The summed E-state index contributed by atoms with van der Waals surface area (Å²) in [5, 5.41) is 4.28. The van der Waals surface area contributed by atoms with Crippen molar-refractivity contribution in [1.29, 1.82) is 0 Å². The molecule has 0 saturated heterocycles. The van der Waals surface area contributed by atoms with Gasteiger partial charge in [0.1, 0.15) is 0 Å². The van der Waals surface area contributed by atoms with Crippen molar-refractivity contribution in [2.45, 2.75) is 26.2 Å². The number of ketones is 1. The highest BCUT2D eigenvalue weighted by molar-refractivity contribution is 6.10. The Bertz CT molecular complexity index is 1340. The van der Waals surface area contributed by atoms with E-state index in [1.54, 1.807) is 13.8 Å². The molecule has 1 atom stereocenters. The summed E-state index contributed by atoms with van der Waals surface area (Å²) in [6.07, 6.45) is -0.0363. The molecule has 0 fully saturated rings. The van der Waals surface area contributed by atoms with E-state index in [-0.39, 0.29) is 25.4 Å². The van der Waals surface area contributed by atoms with Crippen LogP contribution < -0.4 is 0 Å². The van der Waals surface area contributed by atoms with Gasteiger partial charge >= 0.3 is 11.9 Å². The molecule has 0 heterocycles. The molecule has 0 radical (unpaired) electrons. The lowest BCUT2D eigenvalue weighted by atomic mass is 9.81. The Kier molecular flexibility index (Phi) is 7.56. The van der Waals surface area contributed by atoms with Crippen LogP contribution in [0.4, 0.5) is 0 Å². The molecule has 5 nitrogen and oxygen atoms in total. The number of esters is 2. The maximum Gasteiger partial charge on any atom is 0.320 e. The van der Waals surface area contributed by atoms with Gasteiger partial charge in [-0.15, -0.1) is 0 Å². The Morgan fingerprint density at radius 2 is 1.29 bits per heavy atom. The third-order valence-corrected chi connectivity index (χ3v) is 6.18. The highest BCUT2D eigenvalue weighted by Gasteiger charge is 2.39. The molecule has 4 aromatic carbocycles. The lowest BCUT2D eigenvalue weighted by Crippen LogP contribution is -2.34. The number of carbonyl (C=O) groups excluding carboxylic acids is 3. The second-order valence-corrected chi connectivity index (χ2v) is 8.35. The predicted molar refractivity (Wildman–Crippen MR) is 136 cm³/mol. The van der Waals surface area contributed by atoms with Crippen LogP contribution in [0.5, 0.6) is 0 Å². The molecule has 5 heteroatoms. The fraction of sp³-hybridized carbons (Fsp3) is 0.233. The Morgan fingerprint density at radius 3 is 1.97 bits per heavy atom. The van der Waals surface area contributed by atoms with Crippen molar-refractivity contribution in [3.63, 3.8) is 0 Å². The third kappa shape index (κ3) is 5.24. The summed E-state index contributed by atoms with van der Waals surface area (Å²) in [6, 6.07) is 26.9. The first-order valence-corrected chi connectivity index (χ1v) is 11.9. The van der Waals surface area contributed by atoms with E-state index >= 15 is 0 Å². The second kappa shape index (κ2) is 11.0. The van der Waals surface area contributed by atoms with Gasteiger partial charge in [-0.3, -0.25) is 14.4 Å². The lowest BCUT2D eigenvalue weighted by Gasteiger charge is -2.24. The summed E-state index contributed by atoms with van der Waals surface area (Å²) >= 11 is 0. The van der Waals surface area contributed by atoms with Crippen LogP contribution in [0.1, 0.15) is 42.1 Å². The molecule has 0 aliphatic rings. The molecule has 0 saturated carbocycles. The van der Waals surface area contributed by atoms with Crippen LogP contribution in [0.2, 0.25) is 0 Å².